The van der Waals surface area contributed by atoms with Crippen molar-refractivity contribution in [3.05, 3.63) is 29.6 Å². The zero-order chi connectivity index (χ0) is 19.8. The van der Waals surface area contributed by atoms with Crippen LogP contribution >= 0.6 is 0 Å². The Morgan fingerprint density at radius 3 is 2.37 bits per heavy atom. The third-order valence-corrected chi connectivity index (χ3v) is 4.95. The van der Waals surface area contributed by atoms with Crippen molar-refractivity contribution in [2.45, 2.75) is 51.7 Å². The van der Waals surface area contributed by atoms with Crippen LogP contribution < -0.4 is 10.6 Å². The van der Waals surface area contributed by atoms with Crippen LogP contribution in [0.2, 0.25) is 0 Å². The summed E-state index contributed by atoms with van der Waals surface area (Å²) in [6.45, 7) is 9.96. The monoisotopic (exact) mass is 376 g/mol. The number of rotatable bonds is 5. The summed E-state index contributed by atoms with van der Waals surface area (Å²) in [7, 11) is 0. The van der Waals surface area contributed by atoms with Gasteiger partial charge in [-0.15, -0.1) is 0 Å². The first-order chi connectivity index (χ1) is 12.6. The van der Waals surface area contributed by atoms with Crippen LogP contribution in [0.3, 0.4) is 0 Å². The van der Waals surface area contributed by atoms with Crippen molar-refractivity contribution in [3.63, 3.8) is 0 Å². The van der Waals surface area contributed by atoms with E-state index in [9.17, 15) is 14.0 Å². The quantitative estimate of drug-likeness (QED) is 0.822. The molecule has 0 spiro atoms. The zero-order valence-corrected chi connectivity index (χ0v) is 16.5. The zero-order valence-electron chi connectivity index (χ0n) is 16.5. The molecule has 0 aromatic heterocycles. The molecule has 27 heavy (non-hydrogen) atoms. The van der Waals surface area contributed by atoms with Gasteiger partial charge in [0.2, 0.25) is 11.8 Å². The van der Waals surface area contributed by atoms with E-state index in [0.717, 1.165) is 25.1 Å². The Bertz CT molecular complexity index is 699. The molecule has 148 valence electrons. The Morgan fingerprint density at radius 1 is 1.11 bits per heavy atom. The van der Waals surface area contributed by atoms with Crippen LogP contribution in [0.4, 0.5) is 10.1 Å². The largest absolute Gasteiger partial charge is 0.350 e. The summed E-state index contributed by atoms with van der Waals surface area (Å²) in [5, 5.41) is 5.77. The number of anilines is 1. The van der Waals surface area contributed by atoms with Gasteiger partial charge in [0.05, 0.1) is 13.1 Å². The molecular formula is C20H29FN4O2. The van der Waals surface area contributed by atoms with Crippen molar-refractivity contribution >= 4 is 17.5 Å². The molecule has 2 N–H and O–H groups in total. The Kier molecular flexibility index (Phi) is 5.53. The number of amides is 2. The van der Waals surface area contributed by atoms with E-state index in [1.807, 2.05) is 20.8 Å². The summed E-state index contributed by atoms with van der Waals surface area (Å²) in [5.74, 6) is -0.447. The van der Waals surface area contributed by atoms with Crippen molar-refractivity contribution < 1.29 is 14.0 Å². The molecule has 2 atom stereocenters. The molecule has 3 aliphatic heterocycles. The van der Waals surface area contributed by atoms with Gasteiger partial charge in [-0.3, -0.25) is 19.4 Å². The summed E-state index contributed by atoms with van der Waals surface area (Å²) >= 11 is 0. The van der Waals surface area contributed by atoms with Gasteiger partial charge in [-0.25, -0.2) is 4.39 Å². The minimum atomic E-state index is -0.353. The van der Waals surface area contributed by atoms with Gasteiger partial charge in [-0.1, -0.05) is 0 Å². The van der Waals surface area contributed by atoms with E-state index >= 15 is 0 Å². The number of hydrogen-bond donors (Lipinski definition) is 2. The lowest BCUT2D eigenvalue weighted by Gasteiger charge is -2.56. The van der Waals surface area contributed by atoms with Crippen LogP contribution in [0.25, 0.3) is 0 Å². The molecule has 1 aromatic rings. The highest BCUT2D eigenvalue weighted by molar-refractivity contribution is 5.92. The number of nitrogens with one attached hydrogen (secondary N) is 2. The molecule has 3 saturated heterocycles. The molecule has 2 bridgehead atoms. The molecule has 0 saturated carbocycles. The maximum Gasteiger partial charge on any atom is 0.238 e. The third-order valence-electron chi connectivity index (χ3n) is 4.95. The van der Waals surface area contributed by atoms with Gasteiger partial charge >= 0.3 is 0 Å². The maximum atomic E-state index is 13.4. The number of halogens is 1. The summed E-state index contributed by atoms with van der Waals surface area (Å²) in [4.78, 5) is 28.8. The highest BCUT2D eigenvalue weighted by Crippen LogP contribution is 2.31. The minimum Gasteiger partial charge on any atom is -0.350 e. The standard InChI is InChI=1S/C20H29FN4O2/c1-13-5-14(21)7-15(6-13)22-18(26)11-24-9-16-8-17(10-24)25(16)12-19(27)23-20(2,3)4/h5-7,16-17H,8-12H2,1-4H3,(H,22,26)(H,23,27). The Balaban J connectivity index is 1.47. The second-order valence-electron chi connectivity index (χ2n) is 8.77. The first kappa shape index (κ1) is 19.8. The average Bonchev–Trinajstić information content (AvgIpc) is 2.49. The lowest BCUT2D eigenvalue weighted by atomic mass is 9.87. The van der Waals surface area contributed by atoms with Gasteiger partial charge in [0.1, 0.15) is 5.82 Å². The number of piperidine rings is 1. The van der Waals surface area contributed by atoms with Crippen LogP contribution in [0.1, 0.15) is 32.8 Å². The van der Waals surface area contributed by atoms with E-state index in [0.29, 0.717) is 24.3 Å². The lowest BCUT2D eigenvalue weighted by molar-refractivity contribution is -0.134. The molecule has 7 heteroatoms. The van der Waals surface area contributed by atoms with E-state index in [-0.39, 0.29) is 29.7 Å². The summed E-state index contributed by atoms with van der Waals surface area (Å²) < 4.78 is 13.4. The number of nitrogens with zero attached hydrogens (tertiary/aromatic N) is 2. The van der Waals surface area contributed by atoms with Crippen LogP contribution in [0, 0.1) is 12.7 Å². The fourth-order valence-corrected chi connectivity index (χ4v) is 4.00. The first-order valence-electron chi connectivity index (χ1n) is 9.45. The number of carbonyl (C=O) groups is 2. The topological polar surface area (TPSA) is 64.7 Å². The van der Waals surface area contributed by atoms with Crippen molar-refractivity contribution in [3.8, 4) is 0 Å². The van der Waals surface area contributed by atoms with Gasteiger partial charge in [-0.05, 0) is 57.9 Å². The number of piperazine rings is 1. The van der Waals surface area contributed by atoms with Gasteiger partial charge in [-0.2, -0.15) is 0 Å². The summed E-state index contributed by atoms with van der Waals surface area (Å²) in [6, 6.07) is 5.15. The minimum absolute atomic E-state index is 0.0462. The van der Waals surface area contributed by atoms with Crippen molar-refractivity contribution in [2.24, 2.45) is 0 Å². The molecule has 3 aliphatic rings. The predicted molar refractivity (Wildman–Crippen MR) is 103 cm³/mol. The third kappa shape index (κ3) is 5.26. The van der Waals surface area contributed by atoms with Crippen LogP contribution in [-0.2, 0) is 9.59 Å². The average molecular weight is 376 g/mol. The summed E-state index contributed by atoms with van der Waals surface area (Å²) in [5.41, 5.74) is 1.03. The van der Waals surface area contributed by atoms with Gasteiger partial charge in [0.15, 0.2) is 0 Å². The number of fused-ring (bicyclic) bond motifs is 2. The molecule has 2 amide bonds. The number of aryl methyl sites for hydroxylation is 1. The van der Waals surface area contributed by atoms with E-state index in [4.69, 9.17) is 0 Å². The number of benzene rings is 1. The van der Waals surface area contributed by atoms with E-state index < -0.39 is 0 Å². The van der Waals surface area contributed by atoms with Crippen LogP contribution in [0.15, 0.2) is 18.2 Å². The molecular weight excluding hydrogens is 347 g/mol. The molecule has 1 aromatic carbocycles. The van der Waals surface area contributed by atoms with Gasteiger partial charge in [0.25, 0.3) is 0 Å². The van der Waals surface area contributed by atoms with Gasteiger partial charge in [0, 0.05) is 36.4 Å². The van der Waals surface area contributed by atoms with Crippen molar-refractivity contribution in [2.75, 3.05) is 31.5 Å². The second-order valence-corrected chi connectivity index (χ2v) is 8.77. The first-order valence-corrected chi connectivity index (χ1v) is 9.45. The SMILES string of the molecule is Cc1cc(F)cc(NC(=O)CN2CC3CC(C2)N3CC(=O)NC(C)(C)C)c1. The highest BCUT2D eigenvalue weighted by atomic mass is 19.1. The van der Waals surface area contributed by atoms with Crippen molar-refractivity contribution in [1.29, 1.82) is 0 Å². The highest BCUT2D eigenvalue weighted by Gasteiger charge is 2.45. The van der Waals surface area contributed by atoms with E-state index in [2.05, 4.69) is 20.4 Å². The number of hydrogen-bond acceptors (Lipinski definition) is 4. The molecule has 0 aliphatic carbocycles. The molecule has 6 nitrogen and oxygen atoms in total. The second kappa shape index (κ2) is 7.56. The lowest BCUT2D eigenvalue weighted by Crippen LogP contribution is -2.70. The van der Waals surface area contributed by atoms with E-state index in [1.54, 1.807) is 13.0 Å². The predicted octanol–water partition coefficient (Wildman–Crippen LogP) is 1.75. The van der Waals surface area contributed by atoms with Crippen LogP contribution in [-0.4, -0.2) is 65.4 Å². The molecule has 4 rings (SSSR count). The Morgan fingerprint density at radius 2 is 1.78 bits per heavy atom. The molecule has 2 unspecified atom stereocenters. The smallest absolute Gasteiger partial charge is 0.238 e. The molecule has 0 radical (unpaired) electrons. The fourth-order valence-electron chi connectivity index (χ4n) is 4.00. The number of carbonyl (C=O) groups excluding carboxylic acids is 2. The van der Waals surface area contributed by atoms with Gasteiger partial charge < -0.3 is 10.6 Å². The molecule has 3 heterocycles. The Labute approximate surface area is 160 Å². The maximum absolute atomic E-state index is 13.4. The van der Waals surface area contributed by atoms with Crippen molar-refractivity contribution in [1.82, 2.24) is 15.1 Å². The summed E-state index contributed by atoms with van der Waals surface area (Å²) in [6.07, 6.45) is 1.07. The van der Waals surface area contributed by atoms with E-state index in [1.165, 1.54) is 12.1 Å². The normalized spacial score (nSPS) is 22.9. The fraction of sp³-hybridized carbons (Fsp3) is 0.600. The molecule has 3 fully saturated rings. The Hall–Kier alpha value is -1.99. The van der Waals surface area contributed by atoms with Crippen LogP contribution in [0.5, 0.6) is 0 Å².